The molecule has 1 aromatic carbocycles. The quantitative estimate of drug-likeness (QED) is 0.776. The summed E-state index contributed by atoms with van der Waals surface area (Å²) in [5, 5.41) is 13.6. The first-order valence-corrected chi connectivity index (χ1v) is 7.27. The Kier molecular flexibility index (Phi) is 3.74. The van der Waals surface area contributed by atoms with Crippen LogP contribution in [0, 0.1) is 0 Å². The van der Waals surface area contributed by atoms with Gasteiger partial charge in [-0.05, 0) is 41.7 Å². The van der Waals surface area contributed by atoms with E-state index in [1.54, 1.807) is 6.20 Å². The van der Waals surface area contributed by atoms with Crippen LogP contribution in [0.5, 0.6) is 0 Å². The molecule has 2 heterocycles. The molecule has 0 saturated heterocycles. The summed E-state index contributed by atoms with van der Waals surface area (Å²) >= 11 is 1.12. The van der Waals surface area contributed by atoms with Gasteiger partial charge in [0.15, 0.2) is 0 Å². The number of benzene rings is 1. The Morgan fingerprint density at radius 1 is 1.29 bits per heavy atom. The Labute approximate surface area is 125 Å². The second kappa shape index (κ2) is 5.84. The van der Waals surface area contributed by atoms with Crippen LogP contribution in [0.15, 0.2) is 36.5 Å². The predicted octanol–water partition coefficient (Wildman–Crippen LogP) is 2.74. The summed E-state index contributed by atoms with van der Waals surface area (Å²) in [6.07, 6.45) is 2.39. The number of hydrogen-bond acceptors (Lipinski definition) is 5. The van der Waals surface area contributed by atoms with Crippen molar-refractivity contribution in [2.75, 3.05) is 5.32 Å². The van der Waals surface area contributed by atoms with Crippen LogP contribution in [-0.4, -0.2) is 25.7 Å². The van der Waals surface area contributed by atoms with Gasteiger partial charge in [-0.3, -0.25) is 9.89 Å². The lowest BCUT2D eigenvalue weighted by Crippen LogP contribution is -2.12. The summed E-state index contributed by atoms with van der Waals surface area (Å²) in [6.45, 7) is 1.95. The van der Waals surface area contributed by atoms with Crippen LogP contribution in [0.2, 0.25) is 0 Å². The highest BCUT2D eigenvalue weighted by atomic mass is 32.1. The summed E-state index contributed by atoms with van der Waals surface area (Å²) < 4.78 is 3.82. The average Bonchev–Trinajstić information content (AvgIpc) is 3.19. The fourth-order valence-electron chi connectivity index (χ4n) is 1.95. The minimum Gasteiger partial charge on any atom is -0.321 e. The van der Waals surface area contributed by atoms with Crippen molar-refractivity contribution < 1.29 is 4.79 Å². The lowest BCUT2D eigenvalue weighted by Gasteiger charge is -2.05. The van der Waals surface area contributed by atoms with Gasteiger partial charge >= 0.3 is 0 Å². The minimum absolute atomic E-state index is 0.170. The molecule has 0 unspecified atom stereocenters. The maximum atomic E-state index is 12.2. The summed E-state index contributed by atoms with van der Waals surface area (Å²) in [6, 6.07) is 9.45. The molecule has 21 heavy (non-hydrogen) atoms. The molecule has 0 atom stereocenters. The molecule has 0 radical (unpaired) electrons. The number of nitrogens with one attached hydrogen (secondary N) is 2. The van der Waals surface area contributed by atoms with Gasteiger partial charge in [0, 0.05) is 11.9 Å². The van der Waals surface area contributed by atoms with Crippen LogP contribution in [0.3, 0.4) is 0 Å². The Bertz CT molecular complexity index is 733. The first kappa shape index (κ1) is 13.4. The van der Waals surface area contributed by atoms with Gasteiger partial charge in [0.2, 0.25) is 0 Å². The van der Waals surface area contributed by atoms with Gasteiger partial charge in [-0.15, -0.1) is 5.10 Å². The molecule has 0 fully saturated rings. The molecule has 6 nitrogen and oxygen atoms in total. The van der Waals surface area contributed by atoms with E-state index in [4.69, 9.17) is 0 Å². The molecule has 7 heteroatoms. The standard InChI is InChI=1S/C14H13N5OS/c1-2-11-13(21-19-18-11)14(20)16-10-5-3-9(4-6-10)12-7-8-15-17-12/h3-8H,2H2,1H3,(H,15,17)(H,16,20). The van der Waals surface area contributed by atoms with Crippen LogP contribution in [0.4, 0.5) is 5.69 Å². The van der Waals surface area contributed by atoms with Gasteiger partial charge in [0.1, 0.15) is 4.88 Å². The topological polar surface area (TPSA) is 83.6 Å². The van der Waals surface area contributed by atoms with Crippen molar-refractivity contribution in [2.24, 2.45) is 0 Å². The van der Waals surface area contributed by atoms with Crippen molar-refractivity contribution in [3.05, 3.63) is 47.1 Å². The lowest BCUT2D eigenvalue weighted by atomic mass is 10.1. The number of amides is 1. The third-order valence-electron chi connectivity index (χ3n) is 3.05. The Balaban J connectivity index is 1.75. The summed E-state index contributed by atoms with van der Waals surface area (Å²) in [5.74, 6) is -0.170. The zero-order valence-corrected chi connectivity index (χ0v) is 12.1. The minimum atomic E-state index is -0.170. The molecule has 106 valence electrons. The number of H-pyrrole nitrogens is 1. The predicted molar refractivity (Wildman–Crippen MR) is 81.3 cm³/mol. The zero-order valence-electron chi connectivity index (χ0n) is 11.3. The van der Waals surface area contributed by atoms with E-state index in [0.29, 0.717) is 11.3 Å². The van der Waals surface area contributed by atoms with E-state index in [1.807, 2.05) is 37.3 Å². The van der Waals surface area contributed by atoms with Crippen LogP contribution in [-0.2, 0) is 6.42 Å². The molecule has 0 aliphatic heterocycles. The van der Waals surface area contributed by atoms with Crippen molar-refractivity contribution in [1.29, 1.82) is 0 Å². The van der Waals surface area contributed by atoms with Crippen LogP contribution in [0.1, 0.15) is 22.3 Å². The molecular formula is C14H13N5OS. The molecule has 0 saturated carbocycles. The van der Waals surface area contributed by atoms with E-state index in [0.717, 1.165) is 34.2 Å². The zero-order chi connectivity index (χ0) is 14.7. The normalized spacial score (nSPS) is 10.5. The van der Waals surface area contributed by atoms with Gasteiger partial charge < -0.3 is 5.32 Å². The third-order valence-corrected chi connectivity index (χ3v) is 3.82. The van der Waals surface area contributed by atoms with E-state index in [9.17, 15) is 4.79 Å². The molecule has 0 bridgehead atoms. The number of rotatable bonds is 4. The second-order valence-corrected chi connectivity index (χ2v) is 5.16. The van der Waals surface area contributed by atoms with Crippen LogP contribution >= 0.6 is 11.5 Å². The molecule has 0 aliphatic rings. The largest absolute Gasteiger partial charge is 0.321 e. The van der Waals surface area contributed by atoms with Crippen LogP contribution in [0.25, 0.3) is 11.3 Å². The van der Waals surface area contributed by atoms with Gasteiger partial charge in [-0.25, -0.2) is 0 Å². The molecule has 0 spiro atoms. The summed E-state index contributed by atoms with van der Waals surface area (Å²) in [5.41, 5.74) is 3.41. The van der Waals surface area contributed by atoms with Gasteiger partial charge in [0.25, 0.3) is 5.91 Å². The lowest BCUT2D eigenvalue weighted by molar-refractivity contribution is 0.102. The maximum Gasteiger partial charge on any atom is 0.269 e. The van der Waals surface area contributed by atoms with E-state index in [2.05, 4.69) is 25.1 Å². The van der Waals surface area contributed by atoms with Crippen molar-refractivity contribution in [3.63, 3.8) is 0 Å². The highest BCUT2D eigenvalue weighted by Gasteiger charge is 2.15. The van der Waals surface area contributed by atoms with Crippen molar-refractivity contribution in [1.82, 2.24) is 19.8 Å². The molecule has 3 rings (SSSR count). The Morgan fingerprint density at radius 2 is 2.10 bits per heavy atom. The van der Waals surface area contributed by atoms with E-state index < -0.39 is 0 Å². The molecule has 1 amide bonds. The molecular weight excluding hydrogens is 286 g/mol. The number of carbonyl (C=O) groups is 1. The van der Waals surface area contributed by atoms with Crippen LogP contribution < -0.4 is 5.32 Å². The van der Waals surface area contributed by atoms with E-state index >= 15 is 0 Å². The number of aromatic amines is 1. The Hall–Kier alpha value is -2.54. The van der Waals surface area contributed by atoms with Crippen molar-refractivity contribution in [2.45, 2.75) is 13.3 Å². The number of anilines is 1. The Morgan fingerprint density at radius 3 is 2.76 bits per heavy atom. The fourth-order valence-corrected chi connectivity index (χ4v) is 2.60. The first-order chi connectivity index (χ1) is 10.3. The SMILES string of the molecule is CCc1nnsc1C(=O)Nc1ccc(-c2ccn[nH]2)cc1. The second-order valence-electron chi connectivity index (χ2n) is 4.40. The number of aryl methyl sites for hydroxylation is 1. The number of nitrogens with zero attached hydrogens (tertiary/aromatic N) is 3. The summed E-state index contributed by atoms with van der Waals surface area (Å²) in [7, 11) is 0. The van der Waals surface area contributed by atoms with E-state index in [1.165, 1.54) is 0 Å². The molecule has 3 aromatic rings. The smallest absolute Gasteiger partial charge is 0.269 e. The highest BCUT2D eigenvalue weighted by Crippen LogP contribution is 2.20. The average molecular weight is 299 g/mol. The monoisotopic (exact) mass is 299 g/mol. The number of hydrogen-bond donors (Lipinski definition) is 2. The third kappa shape index (κ3) is 2.82. The van der Waals surface area contributed by atoms with Gasteiger partial charge in [-0.1, -0.05) is 23.5 Å². The molecule has 2 aromatic heterocycles. The highest BCUT2D eigenvalue weighted by molar-refractivity contribution is 7.08. The molecule has 0 aliphatic carbocycles. The first-order valence-electron chi connectivity index (χ1n) is 6.50. The number of aromatic nitrogens is 4. The molecule has 2 N–H and O–H groups in total. The fraction of sp³-hybridized carbons (Fsp3) is 0.143. The van der Waals surface area contributed by atoms with Gasteiger partial charge in [-0.2, -0.15) is 5.10 Å². The van der Waals surface area contributed by atoms with Crippen molar-refractivity contribution >= 4 is 23.1 Å². The van der Waals surface area contributed by atoms with Gasteiger partial charge in [0.05, 0.1) is 11.4 Å². The van der Waals surface area contributed by atoms with E-state index in [-0.39, 0.29) is 5.91 Å². The van der Waals surface area contributed by atoms with Crippen molar-refractivity contribution in [3.8, 4) is 11.3 Å². The summed E-state index contributed by atoms with van der Waals surface area (Å²) in [4.78, 5) is 12.7. The maximum absolute atomic E-state index is 12.2. The number of carbonyl (C=O) groups excluding carboxylic acids is 1.